The molecule has 0 fully saturated rings. The Hall–Kier alpha value is -2.93. The van der Waals surface area contributed by atoms with Gasteiger partial charge in [0.15, 0.2) is 5.11 Å². The lowest BCUT2D eigenvalue weighted by Crippen LogP contribution is -2.29. The van der Waals surface area contributed by atoms with E-state index in [0.29, 0.717) is 16.4 Å². The summed E-state index contributed by atoms with van der Waals surface area (Å²) >= 11 is 5.18. The predicted octanol–water partition coefficient (Wildman–Crippen LogP) is 1.44. The molecule has 0 aliphatic carbocycles. The van der Waals surface area contributed by atoms with Crippen LogP contribution in [0.2, 0.25) is 0 Å². The first-order valence-corrected chi connectivity index (χ1v) is 7.54. The fourth-order valence-electron chi connectivity index (χ4n) is 1.88. The quantitative estimate of drug-likeness (QED) is 0.469. The number of rotatable bonds is 6. The molecule has 0 saturated heterocycles. The van der Waals surface area contributed by atoms with E-state index in [1.165, 1.54) is 6.21 Å². The monoisotopic (exact) mass is 342 g/mol. The maximum Gasteiger partial charge on any atom is 0.191 e. The van der Waals surface area contributed by atoms with Crippen molar-refractivity contribution in [2.45, 2.75) is 6.92 Å². The van der Waals surface area contributed by atoms with Crippen LogP contribution in [-0.2, 0) is 4.79 Å². The number of benzene rings is 2. The minimum absolute atomic E-state index is 0.341. The molecule has 2 rings (SSSR count). The van der Waals surface area contributed by atoms with E-state index >= 15 is 0 Å². The lowest BCUT2D eigenvalue weighted by Gasteiger charge is -2.10. The summed E-state index contributed by atoms with van der Waals surface area (Å²) in [7, 11) is 0. The molecule has 6 nitrogen and oxygen atoms in total. The maximum absolute atomic E-state index is 10.5. The molecule has 0 spiro atoms. The Morgan fingerprint density at radius 3 is 2.71 bits per heavy atom. The molecule has 0 amide bonds. The van der Waals surface area contributed by atoms with Crippen LogP contribution in [0.4, 0.5) is 5.69 Å². The predicted molar refractivity (Wildman–Crippen MR) is 95.1 cm³/mol. The molecule has 0 heterocycles. The van der Waals surface area contributed by atoms with Gasteiger partial charge in [-0.15, -0.1) is 0 Å². The van der Waals surface area contributed by atoms with Gasteiger partial charge in [0, 0.05) is 11.3 Å². The highest BCUT2D eigenvalue weighted by atomic mass is 32.1. The van der Waals surface area contributed by atoms with Crippen LogP contribution >= 0.6 is 12.2 Å². The molecule has 2 aromatic carbocycles. The molecule has 0 saturated carbocycles. The van der Waals surface area contributed by atoms with E-state index in [0.717, 1.165) is 11.3 Å². The van der Waals surface area contributed by atoms with Crippen LogP contribution in [0.5, 0.6) is 5.75 Å². The van der Waals surface area contributed by atoms with Gasteiger partial charge in [-0.3, -0.25) is 5.43 Å². The Balaban J connectivity index is 1.95. The summed E-state index contributed by atoms with van der Waals surface area (Å²) in [5, 5.41) is 17.9. The van der Waals surface area contributed by atoms with Gasteiger partial charge < -0.3 is 20.0 Å². The third-order valence-corrected chi connectivity index (χ3v) is 3.22. The number of carboxylic acids is 1. The van der Waals surface area contributed by atoms with Gasteiger partial charge in [-0.05, 0) is 42.9 Å². The van der Waals surface area contributed by atoms with Gasteiger partial charge in [0.05, 0.1) is 12.2 Å². The molecule has 0 aliphatic heterocycles. The van der Waals surface area contributed by atoms with E-state index in [9.17, 15) is 9.90 Å². The highest BCUT2D eigenvalue weighted by molar-refractivity contribution is 7.80. The first kappa shape index (κ1) is 17.4. The number of hydrogen-bond acceptors (Lipinski definition) is 5. The van der Waals surface area contributed by atoms with Crippen LogP contribution < -0.4 is 20.6 Å². The van der Waals surface area contributed by atoms with E-state index in [1.54, 1.807) is 24.3 Å². The summed E-state index contributed by atoms with van der Waals surface area (Å²) in [5.41, 5.74) is 5.27. The van der Waals surface area contributed by atoms with Gasteiger partial charge in [-0.1, -0.05) is 30.3 Å². The molecule has 0 bridgehead atoms. The Kier molecular flexibility index (Phi) is 6.27. The average molecular weight is 342 g/mol. The Bertz CT molecular complexity index is 762. The van der Waals surface area contributed by atoms with Gasteiger partial charge >= 0.3 is 0 Å². The van der Waals surface area contributed by atoms with Crippen LogP contribution in [0, 0.1) is 6.92 Å². The van der Waals surface area contributed by atoms with E-state index in [-0.39, 0.29) is 0 Å². The Morgan fingerprint density at radius 1 is 1.25 bits per heavy atom. The second kappa shape index (κ2) is 8.64. The molecule has 24 heavy (non-hydrogen) atoms. The number of aryl methyl sites for hydroxylation is 1. The Labute approximate surface area is 145 Å². The van der Waals surface area contributed by atoms with Gasteiger partial charge in [-0.2, -0.15) is 5.10 Å². The fraction of sp³-hybridized carbons (Fsp3) is 0.118. The van der Waals surface area contributed by atoms with E-state index in [1.807, 2.05) is 31.2 Å². The van der Waals surface area contributed by atoms with Gasteiger partial charge in [0.25, 0.3) is 0 Å². The third-order valence-electron chi connectivity index (χ3n) is 3.03. The standard InChI is InChI=1S/C17H17N3O3S/c1-12-6-2-4-8-14(12)19-17(24)20-18-10-13-7-3-5-9-15(13)23-11-16(21)22/h2-10H,11H2,1H3,(H,21,22)(H2,19,20,24)/p-1/b18-10-. The number of ether oxygens (including phenoxy) is 1. The molecule has 0 unspecified atom stereocenters. The molecule has 0 atom stereocenters. The van der Waals surface area contributed by atoms with Crippen molar-refractivity contribution in [3.63, 3.8) is 0 Å². The molecular formula is C17H16N3O3S-. The summed E-state index contributed by atoms with van der Waals surface area (Å²) < 4.78 is 5.14. The van der Waals surface area contributed by atoms with Crippen molar-refractivity contribution in [2.75, 3.05) is 11.9 Å². The second-order valence-electron chi connectivity index (χ2n) is 4.84. The molecule has 7 heteroatoms. The lowest BCUT2D eigenvalue weighted by atomic mass is 10.2. The van der Waals surface area contributed by atoms with Gasteiger partial charge in [-0.25, -0.2) is 0 Å². The van der Waals surface area contributed by atoms with Gasteiger partial charge in [0.1, 0.15) is 12.4 Å². The molecule has 124 valence electrons. The van der Waals surface area contributed by atoms with Crippen LogP contribution in [0.3, 0.4) is 0 Å². The average Bonchev–Trinajstić information content (AvgIpc) is 2.56. The zero-order chi connectivity index (χ0) is 17.4. The summed E-state index contributed by atoms with van der Waals surface area (Å²) in [6, 6.07) is 14.7. The first-order valence-electron chi connectivity index (χ1n) is 7.13. The molecule has 0 radical (unpaired) electrons. The highest BCUT2D eigenvalue weighted by Gasteiger charge is 2.01. The number of thiocarbonyl (C=S) groups is 1. The maximum atomic E-state index is 10.5. The van der Waals surface area contributed by atoms with Crippen molar-refractivity contribution < 1.29 is 14.6 Å². The molecule has 2 aromatic rings. The largest absolute Gasteiger partial charge is 0.546 e. The SMILES string of the molecule is Cc1ccccc1NC(=S)N/N=C\c1ccccc1OCC(=O)[O-]. The highest BCUT2D eigenvalue weighted by Crippen LogP contribution is 2.15. The molecule has 2 N–H and O–H groups in total. The number of anilines is 1. The minimum Gasteiger partial charge on any atom is -0.546 e. The summed E-state index contributed by atoms with van der Waals surface area (Å²) in [4.78, 5) is 10.5. The van der Waals surface area contributed by atoms with Gasteiger partial charge in [0.2, 0.25) is 0 Å². The van der Waals surface area contributed by atoms with Crippen LogP contribution in [0.15, 0.2) is 53.6 Å². The summed E-state index contributed by atoms with van der Waals surface area (Å²) in [6.07, 6.45) is 1.50. The number of aliphatic carboxylic acids is 1. The number of para-hydroxylation sites is 2. The van der Waals surface area contributed by atoms with Crippen molar-refractivity contribution in [3.05, 3.63) is 59.7 Å². The summed E-state index contributed by atoms with van der Waals surface area (Å²) in [5.74, 6) is -0.895. The van der Waals surface area contributed by atoms with Crippen molar-refractivity contribution >= 4 is 35.2 Å². The number of nitrogens with zero attached hydrogens (tertiary/aromatic N) is 1. The first-order chi connectivity index (χ1) is 11.6. The molecule has 0 aliphatic rings. The number of nitrogens with one attached hydrogen (secondary N) is 2. The lowest BCUT2D eigenvalue weighted by molar-refractivity contribution is -0.307. The normalized spacial score (nSPS) is 10.4. The fourth-order valence-corrected chi connectivity index (χ4v) is 2.04. The van der Waals surface area contributed by atoms with Crippen molar-refractivity contribution in [1.29, 1.82) is 0 Å². The van der Waals surface area contributed by atoms with Crippen LogP contribution in [-0.4, -0.2) is 23.9 Å². The smallest absolute Gasteiger partial charge is 0.191 e. The molecule has 0 aromatic heterocycles. The van der Waals surface area contributed by atoms with Crippen molar-refractivity contribution in [2.24, 2.45) is 5.10 Å². The van der Waals surface area contributed by atoms with Crippen LogP contribution in [0.25, 0.3) is 0 Å². The van der Waals surface area contributed by atoms with Crippen LogP contribution in [0.1, 0.15) is 11.1 Å². The number of carbonyl (C=O) groups is 1. The molecular weight excluding hydrogens is 326 g/mol. The number of carbonyl (C=O) groups excluding carboxylic acids is 1. The van der Waals surface area contributed by atoms with E-state index in [2.05, 4.69) is 15.8 Å². The van der Waals surface area contributed by atoms with E-state index in [4.69, 9.17) is 17.0 Å². The Morgan fingerprint density at radius 2 is 1.96 bits per heavy atom. The number of carboxylic acid groups (broad SMARTS) is 1. The van der Waals surface area contributed by atoms with E-state index < -0.39 is 12.6 Å². The zero-order valence-corrected chi connectivity index (χ0v) is 13.8. The van der Waals surface area contributed by atoms with Crippen molar-refractivity contribution in [3.8, 4) is 5.75 Å². The number of hydrazone groups is 1. The number of hydrogen-bond donors (Lipinski definition) is 2. The minimum atomic E-state index is -1.29. The second-order valence-corrected chi connectivity index (χ2v) is 5.25. The summed E-state index contributed by atoms with van der Waals surface area (Å²) in [6.45, 7) is 1.45. The van der Waals surface area contributed by atoms with Crippen molar-refractivity contribution in [1.82, 2.24) is 5.43 Å². The zero-order valence-electron chi connectivity index (χ0n) is 13.0. The topological polar surface area (TPSA) is 85.8 Å². The third kappa shape index (κ3) is 5.36.